The molecule has 0 aromatic heterocycles. The van der Waals surface area contributed by atoms with Gasteiger partial charge in [-0.25, -0.2) is 9.59 Å². The van der Waals surface area contributed by atoms with E-state index >= 15 is 0 Å². The standard InChI is InChI=1S/C44H60N2O10/c1-41(2,3)53-37(49)25-33(39(51)55-43(7,8)9)45-35(47)23-21-31-27-17-13-15-19-29(27)32(30-20-16-14-18-28(30)31)22-24-36(48)46-34(40(52)56-44(10,11)12)26-38(50)54-42(4,5)6/h13-20,33-34H,21-26H2,1-12H3,(H,45,47)(H,46,48)/t33-,34-/m0/s1. The van der Waals surface area contributed by atoms with Crippen LogP contribution >= 0.6 is 0 Å². The van der Waals surface area contributed by atoms with Crippen LogP contribution in [0.5, 0.6) is 0 Å². The monoisotopic (exact) mass is 776 g/mol. The Bertz CT molecular complexity index is 1730. The van der Waals surface area contributed by atoms with Crippen LogP contribution in [0.4, 0.5) is 0 Å². The van der Waals surface area contributed by atoms with E-state index in [1.165, 1.54) is 0 Å². The van der Waals surface area contributed by atoms with Crippen molar-refractivity contribution in [3.05, 3.63) is 59.7 Å². The van der Waals surface area contributed by atoms with Crippen LogP contribution < -0.4 is 10.6 Å². The molecule has 0 fully saturated rings. The SMILES string of the molecule is CC(C)(C)OC(=O)C[C@H](NC(=O)CCc1c2ccccc2c(CCC(=O)N[C@@H](CC(=O)OC(C)(C)C)C(=O)OC(C)(C)C)c2ccccc12)C(=O)OC(C)(C)C. The van der Waals surface area contributed by atoms with E-state index in [2.05, 4.69) is 10.6 Å². The Balaban J connectivity index is 1.87. The minimum atomic E-state index is -1.24. The molecule has 0 radical (unpaired) electrons. The van der Waals surface area contributed by atoms with Crippen LogP contribution in [0.1, 0.15) is 120 Å². The van der Waals surface area contributed by atoms with E-state index in [4.69, 9.17) is 18.9 Å². The van der Waals surface area contributed by atoms with Crippen LogP contribution in [0.2, 0.25) is 0 Å². The number of hydrogen-bond acceptors (Lipinski definition) is 10. The average Bonchev–Trinajstić information content (AvgIpc) is 3.02. The zero-order valence-corrected chi connectivity index (χ0v) is 35.1. The third kappa shape index (κ3) is 14.9. The van der Waals surface area contributed by atoms with E-state index < -0.39 is 70.2 Å². The van der Waals surface area contributed by atoms with Gasteiger partial charge in [0.05, 0.1) is 12.8 Å². The van der Waals surface area contributed by atoms with E-state index in [-0.39, 0.29) is 25.7 Å². The van der Waals surface area contributed by atoms with E-state index in [0.717, 1.165) is 32.7 Å². The molecule has 56 heavy (non-hydrogen) atoms. The summed E-state index contributed by atoms with van der Waals surface area (Å²) in [5, 5.41) is 8.98. The first kappa shape index (κ1) is 45.4. The van der Waals surface area contributed by atoms with Crippen LogP contribution in [0.25, 0.3) is 21.5 Å². The number of hydrogen-bond donors (Lipinski definition) is 2. The molecule has 12 nitrogen and oxygen atoms in total. The lowest BCUT2D eigenvalue weighted by molar-refractivity contribution is -0.165. The molecule has 0 saturated carbocycles. The van der Waals surface area contributed by atoms with Crippen molar-refractivity contribution in [2.75, 3.05) is 0 Å². The molecule has 12 heteroatoms. The van der Waals surface area contributed by atoms with Gasteiger partial charge in [0.2, 0.25) is 11.8 Å². The fourth-order valence-corrected chi connectivity index (χ4v) is 6.09. The highest BCUT2D eigenvalue weighted by molar-refractivity contribution is 6.06. The maximum Gasteiger partial charge on any atom is 0.329 e. The number of aryl methyl sites for hydroxylation is 2. The van der Waals surface area contributed by atoms with Crippen molar-refractivity contribution in [1.82, 2.24) is 10.6 Å². The zero-order chi connectivity index (χ0) is 42.2. The second kappa shape index (κ2) is 18.3. The molecule has 2 N–H and O–H groups in total. The lowest BCUT2D eigenvalue weighted by Crippen LogP contribution is -2.46. The molecule has 0 heterocycles. The summed E-state index contributed by atoms with van der Waals surface area (Å²) in [5.74, 6) is -3.63. The van der Waals surface area contributed by atoms with Gasteiger partial charge in [-0.2, -0.15) is 0 Å². The summed E-state index contributed by atoms with van der Waals surface area (Å²) < 4.78 is 21.9. The highest BCUT2D eigenvalue weighted by Gasteiger charge is 2.32. The summed E-state index contributed by atoms with van der Waals surface area (Å²) in [5.41, 5.74) is -1.42. The normalized spacial score (nSPS) is 13.4. The topological polar surface area (TPSA) is 163 Å². The van der Waals surface area contributed by atoms with Gasteiger partial charge in [0.25, 0.3) is 0 Å². The average molecular weight is 777 g/mol. The minimum absolute atomic E-state index is 0.00700. The minimum Gasteiger partial charge on any atom is -0.460 e. The molecule has 0 aliphatic carbocycles. The highest BCUT2D eigenvalue weighted by atomic mass is 16.6. The highest BCUT2D eigenvalue weighted by Crippen LogP contribution is 2.34. The lowest BCUT2D eigenvalue weighted by atomic mass is 9.88. The van der Waals surface area contributed by atoms with Crippen LogP contribution in [0.15, 0.2) is 48.5 Å². The summed E-state index contributed by atoms with van der Waals surface area (Å²) in [4.78, 5) is 78.5. The van der Waals surface area contributed by atoms with Gasteiger partial charge in [-0.1, -0.05) is 48.5 Å². The van der Waals surface area contributed by atoms with Crippen molar-refractivity contribution in [3.63, 3.8) is 0 Å². The number of amides is 2. The number of carbonyl (C=O) groups is 6. The van der Waals surface area contributed by atoms with Gasteiger partial charge in [0.1, 0.15) is 34.5 Å². The van der Waals surface area contributed by atoms with Gasteiger partial charge < -0.3 is 29.6 Å². The third-order valence-corrected chi connectivity index (χ3v) is 7.99. The number of benzene rings is 3. The summed E-state index contributed by atoms with van der Waals surface area (Å²) >= 11 is 0. The zero-order valence-electron chi connectivity index (χ0n) is 35.1. The Labute approximate surface area is 330 Å². The molecule has 0 spiro atoms. The summed E-state index contributed by atoms with van der Waals surface area (Å²) in [7, 11) is 0. The van der Waals surface area contributed by atoms with Gasteiger partial charge >= 0.3 is 23.9 Å². The van der Waals surface area contributed by atoms with Gasteiger partial charge in [0.15, 0.2) is 0 Å². The Morgan fingerprint density at radius 1 is 0.464 bits per heavy atom. The molecular formula is C44H60N2O10. The molecular weight excluding hydrogens is 716 g/mol. The Kier molecular flexibility index (Phi) is 14.8. The maximum atomic E-state index is 13.5. The van der Waals surface area contributed by atoms with E-state index in [1.807, 2.05) is 48.5 Å². The van der Waals surface area contributed by atoms with Crippen molar-refractivity contribution in [1.29, 1.82) is 0 Å². The summed E-state index contributed by atoms with van der Waals surface area (Å²) in [6.07, 6.45) is -0.135. The molecule has 0 saturated heterocycles. The molecule has 0 aliphatic rings. The first-order chi connectivity index (χ1) is 25.7. The molecule has 0 aliphatic heterocycles. The Hall–Kier alpha value is -5.00. The summed E-state index contributed by atoms with van der Waals surface area (Å²) in [6, 6.07) is 13.0. The van der Waals surface area contributed by atoms with Crippen LogP contribution in [-0.4, -0.2) is 70.2 Å². The third-order valence-electron chi connectivity index (χ3n) is 7.99. The number of carbonyl (C=O) groups excluding carboxylic acids is 6. The number of esters is 4. The molecule has 3 aromatic carbocycles. The molecule has 0 unspecified atom stereocenters. The molecule has 0 bridgehead atoms. The van der Waals surface area contributed by atoms with Crippen molar-refractivity contribution < 1.29 is 47.7 Å². The number of fused-ring (bicyclic) bond motifs is 2. The lowest BCUT2D eigenvalue weighted by Gasteiger charge is -2.26. The second-order valence-electron chi connectivity index (χ2n) is 17.9. The van der Waals surface area contributed by atoms with Crippen LogP contribution in [0, 0.1) is 0 Å². The summed E-state index contributed by atoms with van der Waals surface area (Å²) in [6.45, 7) is 20.6. The quantitative estimate of drug-likeness (QED) is 0.0993. The van der Waals surface area contributed by atoms with Gasteiger partial charge in [-0.15, -0.1) is 0 Å². The molecule has 306 valence electrons. The molecule has 3 aromatic rings. The Morgan fingerprint density at radius 3 is 0.982 bits per heavy atom. The molecule has 3 rings (SSSR count). The predicted molar refractivity (Wildman–Crippen MR) is 215 cm³/mol. The number of rotatable bonds is 14. The van der Waals surface area contributed by atoms with E-state index in [9.17, 15) is 28.8 Å². The van der Waals surface area contributed by atoms with E-state index in [0.29, 0.717) is 12.8 Å². The fraction of sp³-hybridized carbons (Fsp3) is 0.545. The number of ether oxygens (including phenoxy) is 4. The molecule has 2 atom stereocenters. The predicted octanol–water partition coefficient (Wildman–Crippen LogP) is 6.97. The van der Waals surface area contributed by atoms with Crippen molar-refractivity contribution in [2.45, 2.75) is 156 Å². The van der Waals surface area contributed by atoms with Gasteiger partial charge in [-0.3, -0.25) is 19.2 Å². The van der Waals surface area contributed by atoms with Crippen molar-refractivity contribution >= 4 is 57.2 Å². The first-order valence-corrected chi connectivity index (χ1v) is 19.1. The smallest absolute Gasteiger partial charge is 0.329 e. The fourth-order valence-electron chi connectivity index (χ4n) is 6.09. The van der Waals surface area contributed by atoms with Gasteiger partial charge in [0, 0.05) is 12.8 Å². The maximum absolute atomic E-state index is 13.5. The van der Waals surface area contributed by atoms with Crippen molar-refractivity contribution in [3.8, 4) is 0 Å². The second-order valence-corrected chi connectivity index (χ2v) is 17.9. The van der Waals surface area contributed by atoms with E-state index in [1.54, 1.807) is 83.1 Å². The first-order valence-electron chi connectivity index (χ1n) is 19.1. The van der Waals surface area contributed by atoms with Crippen LogP contribution in [-0.2, 0) is 60.6 Å². The number of nitrogens with one attached hydrogen (secondary N) is 2. The largest absolute Gasteiger partial charge is 0.460 e. The molecule has 2 amide bonds. The van der Waals surface area contributed by atoms with Crippen LogP contribution in [0.3, 0.4) is 0 Å². The Morgan fingerprint density at radius 2 is 0.732 bits per heavy atom. The van der Waals surface area contributed by atoms with Gasteiger partial charge in [-0.05, 0) is 129 Å². The van der Waals surface area contributed by atoms with Crippen molar-refractivity contribution in [2.24, 2.45) is 0 Å².